The van der Waals surface area contributed by atoms with Gasteiger partial charge in [-0.15, -0.1) is 0 Å². The summed E-state index contributed by atoms with van der Waals surface area (Å²) in [4.78, 5) is 2.66. The van der Waals surface area contributed by atoms with Crippen molar-refractivity contribution in [3.8, 4) is 44.5 Å². The van der Waals surface area contributed by atoms with Crippen molar-refractivity contribution >= 4 is 44.5 Å². The SMILES string of the molecule is c1cc2c3c(cccc3c1)-c1cc(-c3ccc(-c4ccc(-c5ccc6oc7ccccc7c6c5)cc4)cc3)ccc1S2. The Hall–Kier alpha value is -5.05. The van der Waals surface area contributed by atoms with Crippen LogP contribution in [0, 0.1) is 0 Å². The van der Waals surface area contributed by atoms with Gasteiger partial charge in [-0.3, -0.25) is 0 Å². The molecule has 0 N–H and O–H groups in total. The Balaban J connectivity index is 1.02. The Morgan fingerprint density at radius 1 is 0.381 bits per heavy atom. The normalized spacial score (nSPS) is 12.2. The van der Waals surface area contributed by atoms with Gasteiger partial charge < -0.3 is 4.42 Å². The lowest BCUT2D eigenvalue weighted by Crippen LogP contribution is -1.93. The summed E-state index contributed by atoms with van der Waals surface area (Å²) in [5.74, 6) is 0. The van der Waals surface area contributed by atoms with Crippen LogP contribution in [0.15, 0.2) is 160 Å². The molecule has 9 rings (SSSR count). The van der Waals surface area contributed by atoms with Crippen molar-refractivity contribution in [2.45, 2.75) is 9.79 Å². The van der Waals surface area contributed by atoms with Crippen molar-refractivity contribution in [3.05, 3.63) is 146 Å². The summed E-state index contributed by atoms with van der Waals surface area (Å²) < 4.78 is 6.01. The van der Waals surface area contributed by atoms with E-state index in [1.165, 1.54) is 65.1 Å². The third kappa shape index (κ3) is 3.73. The van der Waals surface area contributed by atoms with Gasteiger partial charge in [0.15, 0.2) is 0 Å². The van der Waals surface area contributed by atoms with Crippen LogP contribution in [0.1, 0.15) is 0 Å². The molecule has 2 heterocycles. The molecule has 42 heavy (non-hydrogen) atoms. The molecule has 1 aromatic heterocycles. The fourth-order valence-electron chi connectivity index (χ4n) is 6.36. The fourth-order valence-corrected chi connectivity index (χ4v) is 7.49. The summed E-state index contributed by atoms with van der Waals surface area (Å²) in [6.07, 6.45) is 0. The van der Waals surface area contributed by atoms with E-state index in [1.54, 1.807) is 0 Å². The molecule has 2 heteroatoms. The van der Waals surface area contributed by atoms with Crippen LogP contribution in [-0.4, -0.2) is 0 Å². The van der Waals surface area contributed by atoms with Crippen LogP contribution in [-0.2, 0) is 0 Å². The number of rotatable bonds is 3. The Morgan fingerprint density at radius 2 is 0.976 bits per heavy atom. The Labute approximate surface area is 248 Å². The molecule has 8 aromatic rings. The average molecular weight is 553 g/mol. The molecule has 0 bridgehead atoms. The highest BCUT2D eigenvalue weighted by atomic mass is 32.2. The molecule has 0 amide bonds. The monoisotopic (exact) mass is 552 g/mol. The molecular weight excluding hydrogens is 529 g/mol. The summed E-state index contributed by atoms with van der Waals surface area (Å²) >= 11 is 1.87. The minimum Gasteiger partial charge on any atom is -0.456 e. The first-order chi connectivity index (χ1) is 20.8. The smallest absolute Gasteiger partial charge is 0.135 e. The number of benzene rings is 7. The highest BCUT2D eigenvalue weighted by molar-refractivity contribution is 7.99. The minimum absolute atomic E-state index is 0.927. The summed E-state index contributed by atoms with van der Waals surface area (Å²) in [6.45, 7) is 0. The van der Waals surface area contributed by atoms with Crippen molar-refractivity contribution in [1.82, 2.24) is 0 Å². The zero-order chi connectivity index (χ0) is 27.6. The number of furan rings is 1. The van der Waals surface area contributed by atoms with Crippen LogP contribution in [0.2, 0.25) is 0 Å². The first-order valence-corrected chi connectivity index (χ1v) is 15.1. The first-order valence-electron chi connectivity index (χ1n) is 14.3. The summed E-state index contributed by atoms with van der Waals surface area (Å²) in [5, 5.41) is 4.99. The molecule has 0 radical (unpaired) electrons. The predicted molar refractivity (Wildman–Crippen MR) is 177 cm³/mol. The average Bonchev–Trinajstić information content (AvgIpc) is 3.43. The lowest BCUT2D eigenvalue weighted by atomic mass is 9.94. The molecule has 0 unspecified atom stereocenters. The van der Waals surface area contributed by atoms with Gasteiger partial charge in [0.2, 0.25) is 0 Å². The number of hydrogen-bond acceptors (Lipinski definition) is 2. The van der Waals surface area contributed by atoms with Gasteiger partial charge in [-0.25, -0.2) is 0 Å². The molecule has 1 aliphatic heterocycles. The zero-order valence-corrected chi connectivity index (χ0v) is 23.5. The van der Waals surface area contributed by atoms with Crippen molar-refractivity contribution < 1.29 is 4.42 Å². The van der Waals surface area contributed by atoms with Gasteiger partial charge in [0.1, 0.15) is 11.2 Å². The van der Waals surface area contributed by atoms with E-state index in [1.807, 2.05) is 23.9 Å². The maximum atomic E-state index is 6.01. The minimum atomic E-state index is 0.927. The van der Waals surface area contributed by atoms with E-state index < -0.39 is 0 Å². The van der Waals surface area contributed by atoms with Crippen LogP contribution in [0.5, 0.6) is 0 Å². The second-order valence-electron chi connectivity index (χ2n) is 10.9. The van der Waals surface area contributed by atoms with E-state index in [0.29, 0.717) is 0 Å². The number of hydrogen-bond donors (Lipinski definition) is 0. The highest BCUT2D eigenvalue weighted by Crippen LogP contribution is 2.48. The third-order valence-electron chi connectivity index (χ3n) is 8.50. The Kier molecular flexibility index (Phi) is 5.20. The van der Waals surface area contributed by atoms with E-state index in [4.69, 9.17) is 4.42 Å². The van der Waals surface area contributed by atoms with Gasteiger partial charge in [-0.1, -0.05) is 121 Å². The quantitative estimate of drug-likeness (QED) is 0.216. The molecule has 0 fully saturated rings. The van der Waals surface area contributed by atoms with Crippen molar-refractivity contribution in [2.75, 3.05) is 0 Å². The van der Waals surface area contributed by atoms with Gasteiger partial charge in [0, 0.05) is 25.9 Å². The highest BCUT2D eigenvalue weighted by Gasteiger charge is 2.19. The molecule has 0 saturated carbocycles. The topological polar surface area (TPSA) is 13.1 Å². The number of fused-ring (bicyclic) bond motifs is 5. The largest absolute Gasteiger partial charge is 0.456 e. The van der Waals surface area contributed by atoms with Crippen molar-refractivity contribution in [1.29, 1.82) is 0 Å². The third-order valence-corrected chi connectivity index (χ3v) is 9.64. The maximum Gasteiger partial charge on any atom is 0.135 e. The first kappa shape index (κ1) is 23.6. The molecule has 1 aliphatic rings. The van der Waals surface area contributed by atoms with E-state index in [-0.39, 0.29) is 0 Å². The molecule has 0 atom stereocenters. The fraction of sp³-hybridized carbons (Fsp3) is 0. The van der Waals surface area contributed by atoms with Crippen LogP contribution >= 0.6 is 11.8 Å². The lowest BCUT2D eigenvalue weighted by molar-refractivity contribution is 0.669. The van der Waals surface area contributed by atoms with E-state index in [9.17, 15) is 0 Å². The molecule has 196 valence electrons. The van der Waals surface area contributed by atoms with Crippen molar-refractivity contribution in [3.63, 3.8) is 0 Å². The Morgan fingerprint density at radius 3 is 1.74 bits per heavy atom. The van der Waals surface area contributed by atoms with E-state index in [0.717, 1.165) is 21.9 Å². The maximum absolute atomic E-state index is 6.01. The molecular formula is C40H24OS. The number of para-hydroxylation sites is 1. The van der Waals surface area contributed by atoms with Crippen LogP contribution in [0.25, 0.3) is 77.2 Å². The standard InChI is InChI=1S/C40H24OS/c1-2-9-36-32(7-1)34-23-30(19-21-37(34)41-36)27-15-11-25(12-16-27)26-13-17-28(18-14-26)31-20-22-38-35(24-31)33-8-3-5-29-6-4-10-39(42-38)40(29)33/h1-24H. The van der Waals surface area contributed by atoms with E-state index in [2.05, 4.69) is 133 Å². The van der Waals surface area contributed by atoms with Crippen LogP contribution in [0.4, 0.5) is 0 Å². The zero-order valence-electron chi connectivity index (χ0n) is 22.7. The van der Waals surface area contributed by atoms with Gasteiger partial charge in [-0.05, 0) is 86.3 Å². The Bertz CT molecular complexity index is 2300. The molecule has 7 aromatic carbocycles. The van der Waals surface area contributed by atoms with Crippen LogP contribution in [0.3, 0.4) is 0 Å². The lowest BCUT2D eigenvalue weighted by Gasteiger charge is -2.21. The van der Waals surface area contributed by atoms with Gasteiger partial charge in [0.05, 0.1) is 0 Å². The summed E-state index contributed by atoms with van der Waals surface area (Å²) in [6, 6.07) is 52.7. The summed E-state index contributed by atoms with van der Waals surface area (Å²) in [7, 11) is 0. The van der Waals surface area contributed by atoms with Crippen LogP contribution < -0.4 is 0 Å². The second-order valence-corrected chi connectivity index (χ2v) is 12.0. The molecule has 1 nitrogen and oxygen atoms in total. The van der Waals surface area contributed by atoms with Gasteiger partial charge in [0.25, 0.3) is 0 Å². The van der Waals surface area contributed by atoms with E-state index >= 15 is 0 Å². The van der Waals surface area contributed by atoms with Gasteiger partial charge >= 0.3 is 0 Å². The molecule has 0 spiro atoms. The molecule has 0 saturated heterocycles. The molecule has 0 aliphatic carbocycles. The van der Waals surface area contributed by atoms with Gasteiger partial charge in [-0.2, -0.15) is 0 Å². The predicted octanol–water partition coefficient (Wildman–Crippen LogP) is 11.9. The van der Waals surface area contributed by atoms with Crippen molar-refractivity contribution in [2.24, 2.45) is 0 Å². The summed E-state index contributed by atoms with van der Waals surface area (Å²) in [5.41, 5.74) is 11.8. The second kappa shape index (κ2) is 9.24.